The molecule has 6 nitrogen and oxygen atoms in total. The molecular weight excluding hydrogens is 362 g/mol. The number of rotatable bonds is 3. The number of piperazine rings is 1. The van der Waals surface area contributed by atoms with Crippen LogP contribution in [0.25, 0.3) is 16.6 Å². The molecule has 0 saturated carbocycles. The SMILES string of the molecule is O=C(c1ccncc1)N1CCN(c2cnn3ccc(-c4ccccc4)cc23)CC1. The first kappa shape index (κ1) is 17.4. The summed E-state index contributed by atoms with van der Waals surface area (Å²) in [4.78, 5) is 20.9. The zero-order valence-corrected chi connectivity index (χ0v) is 16.0. The Balaban J connectivity index is 1.36. The van der Waals surface area contributed by atoms with Crippen molar-refractivity contribution in [2.75, 3.05) is 31.1 Å². The van der Waals surface area contributed by atoms with Crippen LogP contribution in [-0.2, 0) is 0 Å². The monoisotopic (exact) mass is 383 g/mol. The highest BCUT2D eigenvalue weighted by Crippen LogP contribution is 2.27. The van der Waals surface area contributed by atoms with E-state index in [0.717, 1.165) is 24.3 Å². The van der Waals surface area contributed by atoms with E-state index in [1.54, 1.807) is 24.5 Å². The van der Waals surface area contributed by atoms with Crippen LogP contribution in [0.2, 0.25) is 0 Å². The maximum atomic E-state index is 12.7. The standard InChI is InChI=1S/C23H21N5O/c29-23(19-6-9-24-10-7-19)27-14-12-26(13-15-27)22-17-25-28-11-8-20(16-21(22)28)18-4-2-1-3-5-18/h1-11,16-17H,12-15H2. The molecule has 0 radical (unpaired) electrons. The number of anilines is 1. The van der Waals surface area contributed by atoms with Crippen molar-refractivity contribution in [2.24, 2.45) is 0 Å². The molecule has 4 heterocycles. The van der Waals surface area contributed by atoms with Crippen molar-refractivity contribution in [3.05, 3.63) is 84.9 Å². The Labute approximate surface area is 169 Å². The molecule has 0 unspecified atom stereocenters. The molecule has 144 valence electrons. The normalized spacial score (nSPS) is 14.3. The maximum Gasteiger partial charge on any atom is 0.254 e. The third-order valence-corrected chi connectivity index (χ3v) is 5.44. The third-order valence-electron chi connectivity index (χ3n) is 5.44. The average Bonchev–Trinajstić information content (AvgIpc) is 3.23. The van der Waals surface area contributed by atoms with Gasteiger partial charge in [0.05, 0.1) is 17.4 Å². The Morgan fingerprint density at radius 1 is 0.862 bits per heavy atom. The van der Waals surface area contributed by atoms with E-state index in [1.165, 1.54) is 11.1 Å². The molecule has 1 saturated heterocycles. The minimum atomic E-state index is 0.0679. The molecular formula is C23H21N5O. The molecule has 1 aromatic carbocycles. The second-order valence-corrected chi connectivity index (χ2v) is 7.16. The van der Waals surface area contributed by atoms with Crippen LogP contribution < -0.4 is 4.90 Å². The quantitative estimate of drug-likeness (QED) is 0.544. The van der Waals surface area contributed by atoms with Gasteiger partial charge >= 0.3 is 0 Å². The van der Waals surface area contributed by atoms with Crippen molar-refractivity contribution in [1.82, 2.24) is 19.5 Å². The van der Waals surface area contributed by atoms with Crippen molar-refractivity contribution >= 4 is 17.1 Å². The van der Waals surface area contributed by atoms with E-state index in [4.69, 9.17) is 0 Å². The molecule has 0 N–H and O–H groups in total. The zero-order chi connectivity index (χ0) is 19.6. The molecule has 1 aliphatic rings. The van der Waals surface area contributed by atoms with Crippen LogP contribution in [0.1, 0.15) is 10.4 Å². The van der Waals surface area contributed by atoms with E-state index >= 15 is 0 Å². The lowest BCUT2D eigenvalue weighted by Crippen LogP contribution is -2.48. The number of amides is 1. The van der Waals surface area contributed by atoms with Gasteiger partial charge in [-0.3, -0.25) is 9.78 Å². The van der Waals surface area contributed by atoms with Crippen molar-refractivity contribution in [1.29, 1.82) is 0 Å². The first-order valence-corrected chi connectivity index (χ1v) is 9.77. The largest absolute Gasteiger partial charge is 0.365 e. The second kappa shape index (κ2) is 7.39. The van der Waals surface area contributed by atoms with Gasteiger partial charge in [0.25, 0.3) is 5.91 Å². The molecule has 1 aliphatic heterocycles. The number of nitrogens with zero attached hydrogens (tertiary/aromatic N) is 5. The molecule has 0 spiro atoms. The van der Waals surface area contributed by atoms with Crippen LogP contribution in [0.5, 0.6) is 0 Å². The molecule has 3 aromatic heterocycles. The first-order valence-electron chi connectivity index (χ1n) is 9.77. The predicted octanol–water partition coefficient (Wildman–Crippen LogP) is 3.36. The molecule has 29 heavy (non-hydrogen) atoms. The van der Waals surface area contributed by atoms with Gasteiger partial charge in [-0.25, -0.2) is 4.52 Å². The molecule has 0 bridgehead atoms. The number of benzene rings is 1. The number of pyridine rings is 2. The van der Waals surface area contributed by atoms with Gasteiger partial charge in [-0.05, 0) is 35.4 Å². The van der Waals surface area contributed by atoms with Gasteiger partial charge < -0.3 is 9.80 Å². The molecule has 0 aliphatic carbocycles. The van der Waals surface area contributed by atoms with Crippen molar-refractivity contribution in [3.8, 4) is 11.1 Å². The second-order valence-electron chi connectivity index (χ2n) is 7.16. The number of fused-ring (bicyclic) bond motifs is 1. The summed E-state index contributed by atoms with van der Waals surface area (Å²) in [5.41, 5.74) is 5.25. The Hall–Kier alpha value is -3.67. The Bertz CT molecular complexity index is 1130. The van der Waals surface area contributed by atoms with Gasteiger partial charge in [-0.2, -0.15) is 5.10 Å². The summed E-state index contributed by atoms with van der Waals surface area (Å²) in [6.07, 6.45) is 7.24. The van der Waals surface area contributed by atoms with Gasteiger partial charge in [-0.1, -0.05) is 30.3 Å². The summed E-state index contributed by atoms with van der Waals surface area (Å²) in [7, 11) is 0. The summed E-state index contributed by atoms with van der Waals surface area (Å²) < 4.78 is 1.91. The lowest BCUT2D eigenvalue weighted by molar-refractivity contribution is 0.0747. The van der Waals surface area contributed by atoms with Crippen molar-refractivity contribution in [3.63, 3.8) is 0 Å². The van der Waals surface area contributed by atoms with Crippen LogP contribution in [0.15, 0.2) is 79.4 Å². The van der Waals surface area contributed by atoms with Crippen LogP contribution in [0.3, 0.4) is 0 Å². The lowest BCUT2D eigenvalue weighted by atomic mass is 10.1. The topological polar surface area (TPSA) is 53.7 Å². The van der Waals surface area contributed by atoms with Gasteiger partial charge in [0.1, 0.15) is 0 Å². The highest BCUT2D eigenvalue weighted by atomic mass is 16.2. The molecule has 1 fully saturated rings. The number of carbonyl (C=O) groups excluding carboxylic acids is 1. The highest BCUT2D eigenvalue weighted by Gasteiger charge is 2.24. The maximum absolute atomic E-state index is 12.7. The number of carbonyl (C=O) groups is 1. The van der Waals surface area contributed by atoms with E-state index in [0.29, 0.717) is 18.7 Å². The number of hydrogen-bond acceptors (Lipinski definition) is 4. The fourth-order valence-corrected chi connectivity index (χ4v) is 3.85. The van der Waals surface area contributed by atoms with E-state index in [-0.39, 0.29) is 5.91 Å². The van der Waals surface area contributed by atoms with Crippen molar-refractivity contribution < 1.29 is 4.79 Å². The lowest BCUT2D eigenvalue weighted by Gasteiger charge is -2.35. The fourth-order valence-electron chi connectivity index (χ4n) is 3.85. The van der Waals surface area contributed by atoms with Crippen LogP contribution in [0.4, 0.5) is 5.69 Å². The number of aromatic nitrogens is 3. The molecule has 4 aromatic rings. The van der Waals surface area contributed by atoms with Crippen LogP contribution in [0, 0.1) is 0 Å². The smallest absolute Gasteiger partial charge is 0.254 e. The van der Waals surface area contributed by atoms with E-state index < -0.39 is 0 Å². The summed E-state index contributed by atoms with van der Waals surface area (Å²) in [6.45, 7) is 2.95. The van der Waals surface area contributed by atoms with Gasteiger partial charge in [-0.15, -0.1) is 0 Å². The first-order chi connectivity index (χ1) is 14.3. The Morgan fingerprint density at radius 2 is 1.62 bits per heavy atom. The van der Waals surface area contributed by atoms with E-state index in [2.05, 4.69) is 51.4 Å². The van der Waals surface area contributed by atoms with Crippen LogP contribution >= 0.6 is 0 Å². The predicted molar refractivity (Wildman–Crippen MR) is 113 cm³/mol. The van der Waals surface area contributed by atoms with E-state index in [9.17, 15) is 4.79 Å². The summed E-state index contributed by atoms with van der Waals surface area (Å²) in [5.74, 6) is 0.0679. The Kier molecular flexibility index (Phi) is 4.44. The molecule has 6 heteroatoms. The number of hydrogen-bond donors (Lipinski definition) is 0. The van der Waals surface area contributed by atoms with Gasteiger partial charge in [0, 0.05) is 50.3 Å². The Morgan fingerprint density at radius 3 is 2.38 bits per heavy atom. The average molecular weight is 383 g/mol. The molecule has 0 atom stereocenters. The van der Waals surface area contributed by atoms with Gasteiger partial charge in [0.2, 0.25) is 0 Å². The van der Waals surface area contributed by atoms with Gasteiger partial charge in [0.15, 0.2) is 0 Å². The minimum Gasteiger partial charge on any atom is -0.365 e. The third kappa shape index (κ3) is 3.33. The summed E-state index contributed by atoms with van der Waals surface area (Å²) in [6, 6.07) is 18.2. The minimum absolute atomic E-state index is 0.0679. The van der Waals surface area contributed by atoms with E-state index in [1.807, 2.05) is 27.9 Å². The summed E-state index contributed by atoms with van der Waals surface area (Å²) >= 11 is 0. The summed E-state index contributed by atoms with van der Waals surface area (Å²) in [5, 5.41) is 4.52. The fraction of sp³-hybridized carbons (Fsp3) is 0.174. The molecule has 5 rings (SSSR count). The highest BCUT2D eigenvalue weighted by molar-refractivity contribution is 5.94. The van der Waals surface area contributed by atoms with Crippen molar-refractivity contribution in [2.45, 2.75) is 0 Å². The van der Waals surface area contributed by atoms with Crippen LogP contribution in [-0.4, -0.2) is 51.6 Å². The zero-order valence-electron chi connectivity index (χ0n) is 16.0. The molecule has 1 amide bonds.